The van der Waals surface area contributed by atoms with E-state index < -0.39 is 0 Å². The molecule has 1 aromatic carbocycles. The van der Waals surface area contributed by atoms with Crippen LogP contribution < -0.4 is 0 Å². The minimum atomic E-state index is -0.141. The van der Waals surface area contributed by atoms with Crippen LogP contribution in [0.2, 0.25) is 0 Å². The van der Waals surface area contributed by atoms with Crippen molar-refractivity contribution in [2.24, 2.45) is 17.8 Å². The molecule has 3 rings (SSSR count). The van der Waals surface area contributed by atoms with Crippen molar-refractivity contribution in [2.45, 2.75) is 83.5 Å². The lowest BCUT2D eigenvalue weighted by Gasteiger charge is -2.37. The van der Waals surface area contributed by atoms with E-state index in [2.05, 4.69) is 25.1 Å². The van der Waals surface area contributed by atoms with Crippen LogP contribution >= 0.6 is 0 Å². The highest BCUT2D eigenvalue weighted by Crippen LogP contribution is 2.44. The molecule has 0 heterocycles. The predicted octanol–water partition coefficient (Wildman–Crippen LogP) is 6.80. The van der Waals surface area contributed by atoms with Gasteiger partial charge in [-0.25, -0.2) is 4.39 Å². The van der Waals surface area contributed by atoms with Gasteiger partial charge in [-0.2, -0.15) is 0 Å². The summed E-state index contributed by atoms with van der Waals surface area (Å²) in [7, 11) is 0. The summed E-state index contributed by atoms with van der Waals surface area (Å²) in [6.07, 6.45) is 18.4. The molecule has 0 atom stereocenters. The zero-order valence-electron chi connectivity index (χ0n) is 17.0. The quantitative estimate of drug-likeness (QED) is 0.522. The van der Waals surface area contributed by atoms with Gasteiger partial charge in [-0.1, -0.05) is 37.6 Å². The van der Waals surface area contributed by atoms with Crippen molar-refractivity contribution in [3.05, 3.63) is 47.3 Å². The van der Waals surface area contributed by atoms with Crippen molar-refractivity contribution in [1.29, 1.82) is 0 Å². The predicted molar refractivity (Wildman–Crippen MR) is 111 cm³/mol. The minimum Gasteiger partial charge on any atom is -0.396 e. The molecule has 1 nitrogen and oxygen atoms in total. The first-order chi connectivity index (χ1) is 13.2. The molecule has 2 heteroatoms. The third-order valence-corrected chi connectivity index (χ3v) is 7.05. The second-order valence-electron chi connectivity index (χ2n) is 8.83. The number of rotatable bonds is 7. The Morgan fingerprint density at radius 2 is 1.67 bits per heavy atom. The number of hydrogen-bond acceptors (Lipinski definition) is 1. The van der Waals surface area contributed by atoms with Crippen molar-refractivity contribution >= 4 is 0 Å². The first-order valence-corrected chi connectivity index (χ1v) is 11.3. The normalized spacial score (nSPS) is 29.3. The largest absolute Gasteiger partial charge is 0.396 e. The van der Waals surface area contributed by atoms with Crippen LogP contribution in [0.25, 0.3) is 0 Å². The Balaban J connectivity index is 1.46. The lowest BCUT2D eigenvalue weighted by molar-refractivity contribution is 0.171. The summed E-state index contributed by atoms with van der Waals surface area (Å²) in [5.41, 5.74) is 1.80. The highest BCUT2D eigenvalue weighted by Gasteiger charge is 2.30. The maximum absolute atomic E-state index is 14.2. The van der Waals surface area contributed by atoms with Gasteiger partial charge in [0.1, 0.15) is 5.82 Å². The van der Waals surface area contributed by atoms with Gasteiger partial charge >= 0.3 is 0 Å². The van der Waals surface area contributed by atoms with E-state index in [0.29, 0.717) is 17.9 Å². The second kappa shape index (κ2) is 10.4. The van der Waals surface area contributed by atoms with Gasteiger partial charge in [0.05, 0.1) is 0 Å². The lowest BCUT2D eigenvalue weighted by Crippen LogP contribution is -2.25. The Morgan fingerprint density at radius 3 is 2.26 bits per heavy atom. The van der Waals surface area contributed by atoms with E-state index in [4.69, 9.17) is 5.11 Å². The maximum atomic E-state index is 14.2. The van der Waals surface area contributed by atoms with Gasteiger partial charge in [0.15, 0.2) is 0 Å². The molecule has 0 radical (unpaired) electrons. The number of unbranched alkanes of at least 4 members (excludes halogenated alkanes) is 1. The standard InChI is InChI=1S/C25H37FO/c1-2-3-4-5-19-6-8-20(9-7-19)21-10-12-22(13-11-21)24-15-14-23(16-17-27)25(26)18-24/h4-5,14-15,18-22,27H,2-3,6-13,16-17H2,1H3/b5-4+. The SMILES string of the molecule is CCC/C=C/C1CCC(C2CCC(c3ccc(CCO)c(F)c3)CC2)CC1. The molecule has 0 saturated heterocycles. The van der Waals surface area contributed by atoms with Crippen molar-refractivity contribution < 1.29 is 9.50 Å². The molecule has 2 aliphatic carbocycles. The number of aliphatic hydroxyl groups is 1. The van der Waals surface area contributed by atoms with E-state index >= 15 is 0 Å². The van der Waals surface area contributed by atoms with Crippen molar-refractivity contribution in [3.63, 3.8) is 0 Å². The zero-order valence-corrected chi connectivity index (χ0v) is 17.0. The van der Waals surface area contributed by atoms with Crippen LogP contribution in [-0.2, 0) is 6.42 Å². The topological polar surface area (TPSA) is 20.2 Å². The molecule has 0 aliphatic heterocycles. The minimum absolute atomic E-state index is 0.0119. The van der Waals surface area contributed by atoms with E-state index in [-0.39, 0.29) is 12.4 Å². The number of benzene rings is 1. The summed E-state index contributed by atoms with van der Waals surface area (Å²) in [6, 6.07) is 5.69. The molecule has 1 aromatic rings. The third kappa shape index (κ3) is 5.67. The Hall–Kier alpha value is -1.15. The smallest absolute Gasteiger partial charge is 0.126 e. The van der Waals surface area contributed by atoms with Gasteiger partial charge in [0.25, 0.3) is 0 Å². The Kier molecular flexibility index (Phi) is 7.93. The van der Waals surface area contributed by atoms with Crippen molar-refractivity contribution in [3.8, 4) is 0 Å². The first kappa shape index (κ1) is 20.6. The van der Waals surface area contributed by atoms with E-state index in [1.807, 2.05) is 6.07 Å². The highest BCUT2D eigenvalue weighted by atomic mass is 19.1. The van der Waals surface area contributed by atoms with Crippen molar-refractivity contribution in [1.82, 2.24) is 0 Å². The molecule has 2 fully saturated rings. The second-order valence-corrected chi connectivity index (χ2v) is 8.83. The Labute approximate surface area is 165 Å². The van der Waals surface area contributed by atoms with Gasteiger partial charge in [-0.05, 0) is 105 Å². The van der Waals surface area contributed by atoms with Crippen LogP contribution in [0.5, 0.6) is 0 Å². The molecule has 27 heavy (non-hydrogen) atoms. The number of allylic oxidation sites excluding steroid dienone is 2. The van der Waals surface area contributed by atoms with Crippen molar-refractivity contribution in [2.75, 3.05) is 6.61 Å². The zero-order chi connectivity index (χ0) is 19.1. The van der Waals surface area contributed by atoms with Crippen LogP contribution in [0.4, 0.5) is 4.39 Å². The van der Waals surface area contributed by atoms with Gasteiger partial charge in [0, 0.05) is 6.61 Å². The number of hydrogen-bond donors (Lipinski definition) is 1. The number of aliphatic hydroxyl groups excluding tert-OH is 1. The monoisotopic (exact) mass is 372 g/mol. The lowest BCUT2D eigenvalue weighted by atomic mass is 9.68. The molecule has 1 N–H and O–H groups in total. The van der Waals surface area contributed by atoms with Crippen LogP contribution in [-0.4, -0.2) is 11.7 Å². The third-order valence-electron chi connectivity index (χ3n) is 7.05. The molecule has 2 saturated carbocycles. The first-order valence-electron chi connectivity index (χ1n) is 11.3. The summed E-state index contributed by atoms with van der Waals surface area (Å²) < 4.78 is 14.2. The average Bonchev–Trinajstić information content (AvgIpc) is 2.71. The fraction of sp³-hybridized carbons (Fsp3) is 0.680. The van der Waals surface area contributed by atoms with Gasteiger partial charge in [-0.15, -0.1) is 0 Å². The van der Waals surface area contributed by atoms with Gasteiger partial charge < -0.3 is 5.11 Å². The molecular weight excluding hydrogens is 335 g/mol. The molecule has 0 bridgehead atoms. The number of halogens is 1. The molecule has 0 spiro atoms. The summed E-state index contributed by atoms with van der Waals surface area (Å²) in [6.45, 7) is 2.26. The van der Waals surface area contributed by atoms with Gasteiger partial charge in [0.2, 0.25) is 0 Å². The Morgan fingerprint density at radius 1 is 1.00 bits per heavy atom. The maximum Gasteiger partial charge on any atom is 0.126 e. The highest BCUT2D eigenvalue weighted by molar-refractivity contribution is 5.27. The van der Waals surface area contributed by atoms with E-state index in [0.717, 1.165) is 23.3 Å². The Bertz CT molecular complexity index is 592. The van der Waals surface area contributed by atoms with E-state index in [9.17, 15) is 4.39 Å². The van der Waals surface area contributed by atoms with Crippen LogP contribution in [0.1, 0.15) is 88.2 Å². The van der Waals surface area contributed by atoms with Crippen LogP contribution in [0, 0.1) is 23.6 Å². The summed E-state index contributed by atoms with van der Waals surface area (Å²) >= 11 is 0. The van der Waals surface area contributed by atoms with E-state index in [1.54, 1.807) is 6.07 Å². The molecule has 0 aromatic heterocycles. The summed E-state index contributed by atoms with van der Waals surface area (Å²) in [4.78, 5) is 0. The molecule has 0 unspecified atom stereocenters. The van der Waals surface area contributed by atoms with Crippen LogP contribution in [0.3, 0.4) is 0 Å². The summed E-state index contributed by atoms with van der Waals surface area (Å²) in [5.74, 6) is 3.01. The average molecular weight is 373 g/mol. The fourth-order valence-corrected chi connectivity index (χ4v) is 5.33. The van der Waals surface area contributed by atoms with Crippen LogP contribution in [0.15, 0.2) is 30.4 Å². The van der Waals surface area contributed by atoms with E-state index in [1.165, 1.54) is 64.2 Å². The summed E-state index contributed by atoms with van der Waals surface area (Å²) in [5, 5.41) is 9.02. The molecular formula is C25H37FO. The van der Waals surface area contributed by atoms with Gasteiger partial charge in [-0.3, -0.25) is 0 Å². The molecule has 0 amide bonds. The molecule has 150 valence electrons. The molecule has 2 aliphatic rings. The fourth-order valence-electron chi connectivity index (χ4n) is 5.33.